The lowest BCUT2D eigenvalue weighted by Gasteiger charge is -2.26. The smallest absolute Gasteiger partial charge is 0.251 e. The number of piperidine rings is 1. The Morgan fingerprint density at radius 2 is 1.55 bits per heavy atom. The molecule has 2 heterocycles. The van der Waals surface area contributed by atoms with E-state index in [0.717, 1.165) is 25.2 Å². The number of carbonyl (C=O) groups is 1. The number of nitrogens with one attached hydrogen (secondary N) is 1. The highest BCUT2D eigenvalue weighted by atomic mass is 32.2. The Balaban J connectivity index is 1.34. The monoisotopic (exact) mass is 471 g/mol. The van der Waals surface area contributed by atoms with Gasteiger partial charge in [-0.15, -0.1) is 0 Å². The van der Waals surface area contributed by atoms with E-state index in [-0.39, 0.29) is 18.2 Å². The van der Waals surface area contributed by atoms with Crippen molar-refractivity contribution in [2.45, 2.75) is 38.1 Å². The highest BCUT2D eigenvalue weighted by molar-refractivity contribution is 7.88. The van der Waals surface area contributed by atoms with E-state index >= 15 is 0 Å². The zero-order valence-electron chi connectivity index (χ0n) is 19.0. The Morgan fingerprint density at radius 1 is 0.879 bits per heavy atom. The van der Waals surface area contributed by atoms with Gasteiger partial charge in [0.1, 0.15) is 0 Å². The first-order chi connectivity index (χ1) is 16.0. The maximum atomic E-state index is 12.8. The maximum absolute atomic E-state index is 12.8. The zero-order chi connectivity index (χ0) is 23.1. The minimum Gasteiger partial charge on any atom is -0.379 e. The predicted molar refractivity (Wildman–Crippen MR) is 128 cm³/mol. The molecule has 2 saturated heterocycles. The van der Waals surface area contributed by atoms with Crippen LogP contribution in [0.3, 0.4) is 0 Å². The highest BCUT2D eigenvalue weighted by Crippen LogP contribution is 2.17. The van der Waals surface area contributed by atoms with E-state index in [2.05, 4.69) is 10.2 Å². The number of benzene rings is 2. The fourth-order valence-electron chi connectivity index (χ4n) is 4.40. The number of hydrogen-bond donors (Lipinski definition) is 1. The van der Waals surface area contributed by atoms with Crippen LogP contribution in [0.25, 0.3) is 0 Å². The first-order valence-corrected chi connectivity index (χ1v) is 13.3. The van der Waals surface area contributed by atoms with Crippen LogP contribution in [0.5, 0.6) is 0 Å². The normalized spacial score (nSPS) is 18.2. The number of carbonyl (C=O) groups excluding carboxylic acids is 1. The molecule has 0 aromatic heterocycles. The van der Waals surface area contributed by atoms with E-state index in [9.17, 15) is 13.2 Å². The molecule has 8 heteroatoms. The third kappa shape index (κ3) is 6.63. The van der Waals surface area contributed by atoms with E-state index in [1.165, 1.54) is 29.1 Å². The first-order valence-electron chi connectivity index (χ1n) is 11.7. The number of sulfonamides is 1. The summed E-state index contributed by atoms with van der Waals surface area (Å²) in [6, 6.07) is 15.1. The molecule has 2 aliphatic rings. The van der Waals surface area contributed by atoms with Crippen LogP contribution < -0.4 is 5.32 Å². The van der Waals surface area contributed by atoms with Crippen LogP contribution in [0.2, 0.25) is 0 Å². The van der Waals surface area contributed by atoms with E-state index < -0.39 is 10.0 Å². The van der Waals surface area contributed by atoms with Gasteiger partial charge in [0.25, 0.3) is 5.91 Å². The molecule has 1 N–H and O–H groups in total. The van der Waals surface area contributed by atoms with Crippen molar-refractivity contribution in [1.82, 2.24) is 14.5 Å². The predicted octanol–water partition coefficient (Wildman–Crippen LogP) is 2.76. The summed E-state index contributed by atoms with van der Waals surface area (Å²) >= 11 is 0. The Labute approximate surface area is 196 Å². The van der Waals surface area contributed by atoms with Gasteiger partial charge in [-0.1, -0.05) is 42.8 Å². The summed E-state index contributed by atoms with van der Waals surface area (Å²) in [5, 5.41) is 2.94. The lowest BCUT2D eigenvalue weighted by molar-refractivity contribution is 0.0729. The SMILES string of the molecule is O=C(NCc1ccccc1CS(=O)(=O)N1CCOCC1)c1ccc(CN2CCCCC2)cc1. The average Bonchev–Trinajstić information content (AvgIpc) is 2.85. The molecule has 1 amide bonds. The fourth-order valence-corrected chi connectivity index (χ4v) is 5.96. The number of amides is 1. The lowest BCUT2D eigenvalue weighted by Crippen LogP contribution is -2.41. The fraction of sp³-hybridized carbons (Fsp3) is 0.480. The summed E-state index contributed by atoms with van der Waals surface area (Å²) in [4.78, 5) is 15.2. The van der Waals surface area contributed by atoms with Gasteiger partial charge in [0.05, 0.1) is 19.0 Å². The van der Waals surface area contributed by atoms with Gasteiger partial charge in [-0.05, 0) is 54.8 Å². The van der Waals surface area contributed by atoms with Crippen molar-refractivity contribution < 1.29 is 17.9 Å². The third-order valence-corrected chi connectivity index (χ3v) is 8.16. The van der Waals surface area contributed by atoms with Crippen molar-refractivity contribution in [2.75, 3.05) is 39.4 Å². The number of ether oxygens (including phenoxy) is 1. The van der Waals surface area contributed by atoms with Crippen molar-refractivity contribution in [3.05, 3.63) is 70.8 Å². The molecule has 7 nitrogen and oxygen atoms in total. The van der Waals surface area contributed by atoms with Crippen LogP contribution in [-0.4, -0.2) is 62.9 Å². The summed E-state index contributed by atoms with van der Waals surface area (Å²) in [5.74, 6) is -0.241. The van der Waals surface area contributed by atoms with Gasteiger partial charge in [-0.25, -0.2) is 8.42 Å². The quantitative estimate of drug-likeness (QED) is 0.641. The van der Waals surface area contributed by atoms with E-state index in [1.807, 2.05) is 48.5 Å². The zero-order valence-corrected chi connectivity index (χ0v) is 19.9. The van der Waals surface area contributed by atoms with E-state index in [4.69, 9.17) is 4.74 Å². The van der Waals surface area contributed by atoms with E-state index in [1.54, 1.807) is 0 Å². The molecule has 4 rings (SSSR count). The van der Waals surface area contributed by atoms with Gasteiger partial charge >= 0.3 is 0 Å². The molecule has 0 spiro atoms. The Kier molecular flexibility index (Phi) is 8.14. The maximum Gasteiger partial charge on any atom is 0.251 e. The van der Waals surface area contributed by atoms with Gasteiger partial charge in [0, 0.05) is 31.7 Å². The summed E-state index contributed by atoms with van der Waals surface area (Å²) in [5.41, 5.74) is 3.34. The second-order valence-corrected chi connectivity index (χ2v) is 10.7. The number of likely N-dealkylation sites (tertiary alicyclic amines) is 1. The average molecular weight is 472 g/mol. The molecule has 0 bridgehead atoms. The molecule has 33 heavy (non-hydrogen) atoms. The molecule has 0 saturated carbocycles. The van der Waals surface area contributed by atoms with Crippen LogP contribution in [0, 0.1) is 0 Å². The van der Waals surface area contributed by atoms with Crippen molar-refractivity contribution in [3.8, 4) is 0 Å². The van der Waals surface area contributed by atoms with Crippen LogP contribution in [0.1, 0.15) is 46.3 Å². The molecule has 0 atom stereocenters. The second-order valence-electron chi connectivity index (χ2n) is 8.75. The second kappa shape index (κ2) is 11.2. The standard InChI is InChI=1S/C25H33N3O4S/c29-25(22-10-8-21(9-11-22)19-27-12-4-1-5-13-27)26-18-23-6-2-3-7-24(23)20-33(30,31)28-14-16-32-17-15-28/h2-3,6-11H,1,4-5,12-20H2,(H,26,29). The van der Waals surface area contributed by atoms with Gasteiger partial charge in [0.15, 0.2) is 0 Å². The van der Waals surface area contributed by atoms with Gasteiger partial charge in [0.2, 0.25) is 10.0 Å². The van der Waals surface area contributed by atoms with Crippen molar-refractivity contribution in [1.29, 1.82) is 0 Å². The number of morpholine rings is 1. The highest BCUT2D eigenvalue weighted by Gasteiger charge is 2.25. The van der Waals surface area contributed by atoms with Crippen LogP contribution >= 0.6 is 0 Å². The van der Waals surface area contributed by atoms with Gasteiger partial charge < -0.3 is 10.1 Å². The number of nitrogens with zero attached hydrogens (tertiary/aromatic N) is 2. The topological polar surface area (TPSA) is 79.0 Å². The molecular weight excluding hydrogens is 438 g/mol. The lowest BCUT2D eigenvalue weighted by atomic mass is 10.1. The van der Waals surface area contributed by atoms with Crippen molar-refractivity contribution in [2.24, 2.45) is 0 Å². The summed E-state index contributed by atoms with van der Waals surface area (Å²) in [6.45, 7) is 5.10. The van der Waals surface area contributed by atoms with Gasteiger partial charge in [-0.2, -0.15) is 4.31 Å². The summed E-state index contributed by atoms with van der Waals surface area (Å²) in [7, 11) is -3.43. The molecule has 0 radical (unpaired) electrons. The van der Waals surface area contributed by atoms with E-state index in [0.29, 0.717) is 37.4 Å². The molecule has 2 aromatic carbocycles. The van der Waals surface area contributed by atoms with Crippen molar-refractivity contribution in [3.63, 3.8) is 0 Å². The van der Waals surface area contributed by atoms with Crippen molar-refractivity contribution >= 4 is 15.9 Å². The molecule has 2 fully saturated rings. The largest absolute Gasteiger partial charge is 0.379 e. The Morgan fingerprint density at radius 3 is 2.24 bits per heavy atom. The first kappa shape index (κ1) is 23.9. The van der Waals surface area contributed by atoms with Gasteiger partial charge in [-0.3, -0.25) is 9.69 Å². The summed E-state index contributed by atoms with van der Waals surface area (Å²) in [6.07, 6.45) is 3.84. The number of hydrogen-bond acceptors (Lipinski definition) is 5. The number of rotatable bonds is 8. The minimum atomic E-state index is -3.43. The molecule has 0 aliphatic carbocycles. The van der Waals surface area contributed by atoms with Crippen LogP contribution in [0.4, 0.5) is 0 Å². The minimum absolute atomic E-state index is 0.0791. The third-order valence-electron chi connectivity index (χ3n) is 6.33. The Bertz CT molecular complexity index is 1030. The Hall–Kier alpha value is -2.26. The molecule has 178 valence electrons. The molecule has 2 aliphatic heterocycles. The molecule has 0 unspecified atom stereocenters. The molecular formula is C25H33N3O4S. The van der Waals surface area contributed by atoms with Crippen LogP contribution in [-0.2, 0) is 33.6 Å². The summed E-state index contributed by atoms with van der Waals surface area (Å²) < 4.78 is 32.4. The molecule has 2 aromatic rings. The van der Waals surface area contributed by atoms with Crippen LogP contribution in [0.15, 0.2) is 48.5 Å².